The van der Waals surface area contributed by atoms with E-state index in [9.17, 15) is 14.7 Å². The highest BCUT2D eigenvalue weighted by atomic mass is 35.5. The van der Waals surface area contributed by atoms with Gasteiger partial charge < -0.3 is 15.7 Å². The van der Waals surface area contributed by atoms with Crippen molar-refractivity contribution in [3.63, 3.8) is 0 Å². The summed E-state index contributed by atoms with van der Waals surface area (Å²) >= 11 is 7.41. The predicted octanol–water partition coefficient (Wildman–Crippen LogP) is 2.89. The molecule has 1 aromatic heterocycles. The number of aliphatic hydroxyl groups excluding tert-OH is 1. The van der Waals surface area contributed by atoms with Crippen LogP contribution in [0.25, 0.3) is 0 Å². The summed E-state index contributed by atoms with van der Waals surface area (Å²) in [5.74, 6) is -1.51. The van der Waals surface area contributed by atoms with Gasteiger partial charge in [-0.15, -0.1) is 11.3 Å². The molecule has 7 heteroatoms. The molecule has 5 nitrogen and oxygen atoms in total. The van der Waals surface area contributed by atoms with E-state index in [4.69, 9.17) is 11.6 Å². The van der Waals surface area contributed by atoms with E-state index in [1.807, 2.05) is 17.5 Å². The van der Waals surface area contributed by atoms with Crippen LogP contribution in [0.1, 0.15) is 23.0 Å². The largest absolute Gasteiger partial charge is 0.388 e. The van der Waals surface area contributed by atoms with Crippen molar-refractivity contribution in [3.8, 4) is 0 Å². The van der Waals surface area contributed by atoms with Crippen LogP contribution in [0, 0.1) is 6.92 Å². The summed E-state index contributed by atoms with van der Waals surface area (Å²) in [6, 6.07) is 8.75. The van der Waals surface area contributed by atoms with Crippen LogP contribution < -0.4 is 10.6 Å². The first-order valence-electron chi connectivity index (χ1n) is 7.05. The number of hydrogen-bond acceptors (Lipinski definition) is 4. The van der Waals surface area contributed by atoms with Gasteiger partial charge in [-0.2, -0.15) is 0 Å². The van der Waals surface area contributed by atoms with Crippen molar-refractivity contribution >= 4 is 40.4 Å². The SMILES string of the molecule is Cc1c(Cl)cccc1NC(=O)C(=O)NCC[C@@H](O)c1cccs1. The Kier molecular flexibility index (Phi) is 6.15. The molecular formula is C16H17ClN2O3S. The summed E-state index contributed by atoms with van der Waals surface area (Å²) in [6.45, 7) is 1.97. The normalized spacial score (nSPS) is 11.8. The van der Waals surface area contributed by atoms with Gasteiger partial charge in [0.25, 0.3) is 0 Å². The van der Waals surface area contributed by atoms with Gasteiger partial charge in [0, 0.05) is 22.1 Å². The first kappa shape index (κ1) is 17.5. The lowest BCUT2D eigenvalue weighted by atomic mass is 10.2. The fraction of sp³-hybridized carbons (Fsp3) is 0.250. The minimum atomic E-state index is -0.763. The molecule has 0 bridgehead atoms. The quantitative estimate of drug-likeness (QED) is 0.724. The lowest BCUT2D eigenvalue weighted by Gasteiger charge is -2.11. The number of nitrogens with one attached hydrogen (secondary N) is 2. The van der Waals surface area contributed by atoms with E-state index in [0.29, 0.717) is 22.7 Å². The topological polar surface area (TPSA) is 78.4 Å². The van der Waals surface area contributed by atoms with Gasteiger partial charge >= 0.3 is 11.8 Å². The minimum Gasteiger partial charge on any atom is -0.388 e. The Morgan fingerprint density at radius 3 is 2.74 bits per heavy atom. The molecule has 1 aromatic carbocycles. The Bertz CT molecular complexity index is 689. The number of carbonyl (C=O) groups excluding carboxylic acids is 2. The molecule has 0 saturated carbocycles. The number of anilines is 1. The van der Waals surface area contributed by atoms with Crippen molar-refractivity contribution in [2.75, 3.05) is 11.9 Å². The van der Waals surface area contributed by atoms with Crippen LogP contribution >= 0.6 is 22.9 Å². The average Bonchev–Trinajstić information content (AvgIpc) is 3.06. The number of carbonyl (C=O) groups is 2. The van der Waals surface area contributed by atoms with Crippen molar-refractivity contribution in [2.45, 2.75) is 19.4 Å². The van der Waals surface area contributed by atoms with Gasteiger partial charge in [0.2, 0.25) is 0 Å². The molecule has 122 valence electrons. The lowest BCUT2D eigenvalue weighted by Crippen LogP contribution is -2.36. The number of amides is 2. The maximum Gasteiger partial charge on any atom is 0.313 e. The Hall–Kier alpha value is -1.89. The van der Waals surface area contributed by atoms with Crippen LogP contribution in [0.3, 0.4) is 0 Å². The maximum atomic E-state index is 11.9. The molecule has 0 saturated heterocycles. The standard InChI is InChI=1S/C16H17ClN2O3S/c1-10-11(17)4-2-5-12(10)19-16(22)15(21)18-8-7-13(20)14-6-3-9-23-14/h2-6,9,13,20H,7-8H2,1H3,(H,18,21)(H,19,22)/t13-/m1/s1. The fourth-order valence-corrected chi connectivity index (χ4v) is 2.87. The van der Waals surface area contributed by atoms with Gasteiger partial charge in [0.05, 0.1) is 6.10 Å². The molecular weight excluding hydrogens is 336 g/mol. The molecule has 2 rings (SSSR count). The summed E-state index contributed by atoms with van der Waals surface area (Å²) in [4.78, 5) is 24.5. The summed E-state index contributed by atoms with van der Waals surface area (Å²) in [5, 5.41) is 17.3. The molecule has 2 amide bonds. The molecule has 0 radical (unpaired) electrons. The Morgan fingerprint density at radius 2 is 2.04 bits per heavy atom. The van der Waals surface area contributed by atoms with Crippen molar-refractivity contribution in [2.24, 2.45) is 0 Å². The van der Waals surface area contributed by atoms with Gasteiger partial charge in [-0.3, -0.25) is 9.59 Å². The highest BCUT2D eigenvalue weighted by molar-refractivity contribution is 7.10. The van der Waals surface area contributed by atoms with Gasteiger partial charge in [-0.25, -0.2) is 0 Å². The zero-order chi connectivity index (χ0) is 16.8. The molecule has 23 heavy (non-hydrogen) atoms. The number of rotatable bonds is 5. The second-order valence-electron chi connectivity index (χ2n) is 4.94. The van der Waals surface area contributed by atoms with Crippen molar-refractivity contribution < 1.29 is 14.7 Å². The second kappa shape index (κ2) is 8.10. The highest BCUT2D eigenvalue weighted by Crippen LogP contribution is 2.23. The Balaban J connectivity index is 1.81. The third-order valence-corrected chi connectivity index (χ3v) is 4.68. The van der Waals surface area contributed by atoms with E-state index in [-0.39, 0.29) is 6.54 Å². The highest BCUT2D eigenvalue weighted by Gasteiger charge is 2.16. The van der Waals surface area contributed by atoms with Gasteiger partial charge in [0.15, 0.2) is 0 Å². The van der Waals surface area contributed by atoms with Crippen molar-refractivity contribution in [1.82, 2.24) is 5.32 Å². The number of hydrogen-bond donors (Lipinski definition) is 3. The smallest absolute Gasteiger partial charge is 0.313 e. The van der Waals surface area contributed by atoms with E-state index >= 15 is 0 Å². The van der Waals surface area contributed by atoms with E-state index < -0.39 is 17.9 Å². The third kappa shape index (κ3) is 4.79. The van der Waals surface area contributed by atoms with Crippen LogP contribution in [0.5, 0.6) is 0 Å². The van der Waals surface area contributed by atoms with Crippen LogP contribution in [-0.2, 0) is 9.59 Å². The number of benzene rings is 1. The van der Waals surface area contributed by atoms with E-state index in [2.05, 4.69) is 10.6 Å². The van der Waals surface area contributed by atoms with Crippen molar-refractivity contribution in [1.29, 1.82) is 0 Å². The first-order chi connectivity index (χ1) is 11.0. The molecule has 2 aromatic rings. The Morgan fingerprint density at radius 1 is 1.26 bits per heavy atom. The molecule has 1 heterocycles. The van der Waals surface area contributed by atoms with Crippen LogP contribution in [0.4, 0.5) is 5.69 Å². The molecule has 3 N–H and O–H groups in total. The van der Waals surface area contributed by atoms with Crippen LogP contribution in [0.15, 0.2) is 35.7 Å². The van der Waals surface area contributed by atoms with E-state index in [0.717, 1.165) is 4.88 Å². The second-order valence-corrected chi connectivity index (χ2v) is 6.33. The molecule has 0 fully saturated rings. The first-order valence-corrected chi connectivity index (χ1v) is 8.30. The van der Waals surface area contributed by atoms with Crippen LogP contribution in [-0.4, -0.2) is 23.5 Å². The number of aliphatic hydroxyl groups is 1. The molecule has 0 spiro atoms. The van der Waals surface area contributed by atoms with Crippen LogP contribution in [0.2, 0.25) is 5.02 Å². The summed E-state index contributed by atoms with van der Waals surface area (Å²) in [6.07, 6.45) is -0.302. The number of halogens is 1. The summed E-state index contributed by atoms with van der Waals surface area (Å²) < 4.78 is 0. The van der Waals surface area contributed by atoms with Gasteiger partial charge in [-0.05, 0) is 42.5 Å². The molecule has 0 aliphatic carbocycles. The monoisotopic (exact) mass is 352 g/mol. The zero-order valence-corrected chi connectivity index (χ0v) is 14.1. The predicted molar refractivity (Wildman–Crippen MR) is 91.7 cm³/mol. The van der Waals surface area contributed by atoms with E-state index in [1.165, 1.54) is 11.3 Å². The fourth-order valence-electron chi connectivity index (χ4n) is 1.95. The zero-order valence-electron chi connectivity index (χ0n) is 12.5. The molecule has 0 aliphatic rings. The van der Waals surface area contributed by atoms with Crippen molar-refractivity contribution in [3.05, 3.63) is 51.2 Å². The van der Waals surface area contributed by atoms with Gasteiger partial charge in [-0.1, -0.05) is 23.7 Å². The lowest BCUT2D eigenvalue weighted by molar-refractivity contribution is -0.136. The third-order valence-electron chi connectivity index (χ3n) is 3.30. The minimum absolute atomic E-state index is 0.208. The van der Waals surface area contributed by atoms with Gasteiger partial charge in [0.1, 0.15) is 0 Å². The molecule has 0 unspecified atom stereocenters. The summed E-state index contributed by atoms with van der Waals surface area (Å²) in [7, 11) is 0. The Labute approximate surface area is 143 Å². The maximum absolute atomic E-state index is 11.9. The van der Waals surface area contributed by atoms with E-state index in [1.54, 1.807) is 25.1 Å². The average molecular weight is 353 g/mol. The molecule has 1 atom stereocenters. The molecule has 0 aliphatic heterocycles. The number of thiophene rings is 1. The summed E-state index contributed by atoms with van der Waals surface area (Å²) in [5.41, 5.74) is 1.19.